The summed E-state index contributed by atoms with van der Waals surface area (Å²) in [6.45, 7) is 1.70. The van der Waals surface area contributed by atoms with Crippen LogP contribution >= 0.6 is 15.9 Å². The van der Waals surface area contributed by atoms with E-state index < -0.39 is 0 Å². The quantitative estimate of drug-likeness (QED) is 0.801. The van der Waals surface area contributed by atoms with Crippen molar-refractivity contribution in [3.63, 3.8) is 0 Å². The fourth-order valence-electron chi connectivity index (χ4n) is 3.68. The molecule has 3 rings (SSSR count). The van der Waals surface area contributed by atoms with Crippen molar-refractivity contribution in [1.82, 2.24) is 10.2 Å². The Balaban J connectivity index is 1.62. The van der Waals surface area contributed by atoms with Gasteiger partial charge in [-0.25, -0.2) is 0 Å². The van der Waals surface area contributed by atoms with E-state index in [0.717, 1.165) is 40.6 Å². The third kappa shape index (κ3) is 3.38. The average molecular weight is 393 g/mol. The van der Waals surface area contributed by atoms with Crippen LogP contribution in [0.25, 0.3) is 0 Å². The van der Waals surface area contributed by atoms with Crippen LogP contribution in [0.3, 0.4) is 0 Å². The van der Waals surface area contributed by atoms with Crippen molar-refractivity contribution >= 4 is 33.7 Å². The van der Waals surface area contributed by atoms with E-state index in [9.17, 15) is 14.4 Å². The Labute approximate surface area is 149 Å². The summed E-state index contributed by atoms with van der Waals surface area (Å²) in [5, 5.41) is 2.87. The third-order valence-corrected chi connectivity index (χ3v) is 5.45. The zero-order valence-corrected chi connectivity index (χ0v) is 15.2. The summed E-state index contributed by atoms with van der Waals surface area (Å²) in [6.07, 6.45) is 3.50. The van der Waals surface area contributed by atoms with Crippen molar-refractivity contribution in [3.8, 4) is 0 Å². The molecular weight excluding hydrogens is 372 g/mol. The first-order valence-corrected chi connectivity index (χ1v) is 9.16. The number of carbonyl (C=O) groups excluding carboxylic acids is 3. The van der Waals surface area contributed by atoms with Gasteiger partial charge in [0, 0.05) is 4.47 Å². The number of imide groups is 1. The number of likely N-dealkylation sites (tertiary alicyclic amines) is 1. The number of nitrogens with zero attached hydrogens (tertiary/aromatic N) is 1. The second-order valence-electron chi connectivity index (χ2n) is 6.60. The smallest absolute Gasteiger partial charge is 0.240 e. The van der Waals surface area contributed by atoms with Gasteiger partial charge in [-0.3, -0.25) is 19.3 Å². The Morgan fingerprint density at radius 1 is 1.25 bits per heavy atom. The van der Waals surface area contributed by atoms with Gasteiger partial charge >= 0.3 is 0 Å². The summed E-state index contributed by atoms with van der Waals surface area (Å²) in [4.78, 5) is 38.3. The van der Waals surface area contributed by atoms with Crippen molar-refractivity contribution in [1.29, 1.82) is 0 Å². The van der Waals surface area contributed by atoms with Gasteiger partial charge in [0.15, 0.2) is 0 Å². The van der Waals surface area contributed by atoms with Crippen LogP contribution in [0.1, 0.15) is 44.2 Å². The molecule has 0 aromatic heterocycles. The summed E-state index contributed by atoms with van der Waals surface area (Å²) in [5.74, 6) is -1.06. The van der Waals surface area contributed by atoms with Gasteiger partial charge in [-0.2, -0.15) is 0 Å². The molecule has 0 spiro atoms. The molecule has 3 atom stereocenters. The van der Waals surface area contributed by atoms with Crippen LogP contribution in [0.4, 0.5) is 0 Å². The second kappa shape index (κ2) is 7.05. The minimum Gasteiger partial charge on any atom is -0.348 e. The fraction of sp³-hybridized carbons (Fsp3) is 0.500. The van der Waals surface area contributed by atoms with Crippen LogP contribution in [0.15, 0.2) is 28.7 Å². The molecular formula is C18H21BrN2O3. The molecule has 5 nitrogen and oxygen atoms in total. The molecule has 3 amide bonds. The molecule has 2 fully saturated rings. The lowest BCUT2D eigenvalue weighted by Crippen LogP contribution is -2.41. The Morgan fingerprint density at radius 3 is 2.46 bits per heavy atom. The van der Waals surface area contributed by atoms with Gasteiger partial charge in [-0.15, -0.1) is 0 Å². The van der Waals surface area contributed by atoms with E-state index in [1.807, 2.05) is 31.2 Å². The Morgan fingerprint density at radius 2 is 1.88 bits per heavy atom. The first-order chi connectivity index (χ1) is 11.5. The van der Waals surface area contributed by atoms with Crippen LogP contribution in [-0.2, 0) is 14.4 Å². The normalized spacial score (nSPS) is 24.7. The first-order valence-electron chi connectivity index (χ1n) is 8.37. The van der Waals surface area contributed by atoms with E-state index in [-0.39, 0.29) is 42.1 Å². The molecule has 1 aromatic rings. The number of amides is 3. The van der Waals surface area contributed by atoms with Gasteiger partial charge in [-0.05, 0) is 37.5 Å². The summed E-state index contributed by atoms with van der Waals surface area (Å²) in [5.41, 5.74) is 0.963. The molecule has 1 saturated heterocycles. The second-order valence-corrected chi connectivity index (χ2v) is 7.52. The molecule has 24 heavy (non-hydrogen) atoms. The highest BCUT2D eigenvalue weighted by Crippen LogP contribution is 2.37. The number of fused-ring (bicyclic) bond motifs is 1. The number of hydrogen-bond donors (Lipinski definition) is 1. The van der Waals surface area contributed by atoms with E-state index in [2.05, 4.69) is 21.2 Å². The topological polar surface area (TPSA) is 66.5 Å². The summed E-state index contributed by atoms with van der Waals surface area (Å²) in [6, 6.07) is 7.49. The van der Waals surface area contributed by atoms with E-state index >= 15 is 0 Å². The Bertz CT molecular complexity index is 652. The molecule has 1 aromatic carbocycles. The number of benzene rings is 1. The standard InChI is InChI=1S/C18H21BrN2O3/c1-11(12-5-4-6-13(19)9-12)20-16(22)10-21-17(23)14-7-2-3-8-15(14)18(21)24/h4-6,9,11,14-15H,2-3,7-8,10H2,1H3,(H,20,22). The molecule has 1 heterocycles. The summed E-state index contributed by atoms with van der Waals surface area (Å²) >= 11 is 3.41. The first kappa shape index (κ1) is 17.1. The van der Waals surface area contributed by atoms with Crippen LogP contribution in [0, 0.1) is 11.8 Å². The number of nitrogens with one attached hydrogen (secondary N) is 1. The lowest BCUT2D eigenvalue weighted by Gasteiger charge is -2.19. The number of carbonyl (C=O) groups is 3. The monoisotopic (exact) mass is 392 g/mol. The van der Waals surface area contributed by atoms with Crippen molar-refractivity contribution in [2.45, 2.75) is 38.6 Å². The maximum atomic E-state index is 12.4. The Hall–Kier alpha value is -1.69. The molecule has 1 N–H and O–H groups in total. The van der Waals surface area contributed by atoms with Crippen molar-refractivity contribution < 1.29 is 14.4 Å². The average Bonchev–Trinajstić information content (AvgIpc) is 2.80. The van der Waals surface area contributed by atoms with Gasteiger partial charge in [0.05, 0.1) is 17.9 Å². The minimum atomic E-state index is -0.303. The van der Waals surface area contributed by atoms with Gasteiger partial charge < -0.3 is 5.32 Å². The van der Waals surface area contributed by atoms with Gasteiger partial charge in [-0.1, -0.05) is 40.9 Å². The van der Waals surface area contributed by atoms with E-state index in [0.29, 0.717) is 0 Å². The molecule has 0 bridgehead atoms. The zero-order chi connectivity index (χ0) is 17.3. The molecule has 128 valence electrons. The van der Waals surface area contributed by atoms with E-state index in [1.165, 1.54) is 0 Å². The maximum Gasteiger partial charge on any atom is 0.240 e. The summed E-state index contributed by atoms with van der Waals surface area (Å²) < 4.78 is 0.940. The molecule has 1 aliphatic heterocycles. The number of halogens is 1. The van der Waals surface area contributed by atoms with Crippen molar-refractivity contribution in [3.05, 3.63) is 34.3 Å². The highest BCUT2D eigenvalue weighted by Gasteiger charge is 2.48. The van der Waals surface area contributed by atoms with Crippen molar-refractivity contribution in [2.75, 3.05) is 6.54 Å². The molecule has 1 saturated carbocycles. The molecule has 3 unspecified atom stereocenters. The Kier molecular flexibility index (Phi) is 5.04. The van der Waals surface area contributed by atoms with Gasteiger partial charge in [0.1, 0.15) is 6.54 Å². The lowest BCUT2D eigenvalue weighted by atomic mass is 9.81. The van der Waals surface area contributed by atoms with Crippen LogP contribution in [-0.4, -0.2) is 29.2 Å². The van der Waals surface area contributed by atoms with Crippen LogP contribution in [0.2, 0.25) is 0 Å². The lowest BCUT2D eigenvalue weighted by molar-refractivity contribution is -0.143. The predicted molar refractivity (Wildman–Crippen MR) is 92.9 cm³/mol. The van der Waals surface area contributed by atoms with E-state index in [4.69, 9.17) is 0 Å². The number of rotatable bonds is 4. The van der Waals surface area contributed by atoms with Crippen LogP contribution < -0.4 is 5.32 Å². The summed E-state index contributed by atoms with van der Waals surface area (Å²) in [7, 11) is 0. The third-order valence-electron chi connectivity index (χ3n) is 4.96. The largest absolute Gasteiger partial charge is 0.348 e. The highest BCUT2D eigenvalue weighted by atomic mass is 79.9. The SMILES string of the molecule is CC(NC(=O)CN1C(=O)C2CCCCC2C1=O)c1cccc(Br)c1. The van der Waals surface area contributed by atoms with Gasteiger partial charge in [0.25, 0.3) is 0 Å². The molecule has 6 heteroatoms. The predicted octanol–water partition coefficient (Wildman–Crippen LogP) is 2.80. The van der Waals surface area contributed by atoms with Gasteiger partial charge in [0.2, 0.25) is 17.7 Å². The van der Waals surface area contributed by atoms with Crippen molar-refractivity contribution in [2.24, 2.45) is 11.8 Å². The highest BCUT2D eigenvalue weighted by molar-refractivity contribution is 9.10. The number of hydrogen-bond acceptors (Lipinski definition) is 3. The zero-order valence-electron chi connectivity index (χ0n) is 13.6. The molecule has 1 aliphatic carbocycles. The maximum absolute atomic E-state index is 12.4. The molecule has 2 aliphatic rings. The van der Waals surface area contributed by atoms with Crippen LogP contribution in [0.5, 0.6) is 0 Å². The minimum absolute atomic E-state index is 0.171. The fourth-order valence-corrected chi connectivity index (χ4v) is 4.09. The van der Waals surface area contributed by atoms with E-state index in [1.54, 1.807) is 0 Å². The molecule has 0 radical (unpaired) electrons.